The van der Waals surface area contributed by atoms with E-state index in [-0.39, 0.29) is 74.1 Å². The van der Waals surface area contributed by atoms with Gasteiger partial charge in [-0.15, -0.1) is 21.9 Å². The Morgan fingerprint density at radius 1 is 0.276 bits per heavy atom. The van der Waals surface area contributed by atoms with Gasteiger partial charge in [0.25, 0.3) is 0 Å². The van der Waals surface area contributed by atoms with Crippen LogP contribution >= 0.6 is 55.2 Å². The molecule has 0 saturated carbocycles. The topological polar surface area (TPSA) is 88.5 Å². The van der Waals surface area contributed by atoms with Crippen molar-refractivity contribution in [2.75, 3.05) is 18.3 Å². The molecule has 16 aromatic carbocycles. The average molecular weight is 2170 g/mol. The first-order valence-corrected chi connectivity index (χ1v) is 51.7. The van der Waals surface area contributed by atoms with Crippen LogP contribution in [-0.4, -0.2) is 52.6 Å². The predicted octanol–water partition coefficient (Wildman–Crippen LogP) is 27.2. The van der Waals surface area contributed by atoms with E-state index in [4.69, 9.17) is 0 Å². The number of halogens is 25. The zero-order valence-electron chi connectivity index (χ0n) is 75.6. The van der Waals surface area contributed by atoms with Gasteiger partial charge in [-0.1, -0.05) is 174 Å². The Balaban J connectivity index is 0.000000190. The molecular formula is C106H72BF25O5PS7+. The van der Waals surface area contributed by atoms with Crippen LogP contribution in [0.1, 0.15) is 73.3 Å². The van der Waals surface area contributed by atoms with Crippen molar-refractivity contribution in [3.05, 3.63) is 441 Å². The molecule has 0 saturated heterocycles. The summed E-state index contributed by atoms with van der Waals surface area (Å²) >= 11 is 6.84. The Hall–Kier alpha value is -12.4. The van der Waals surface area contributed by atoms with E-state index < -0.39 is 152 Å². The molecule has 16 rings (SSSR count). The Kier molecular flexibility index (Phi) is 38.0. The van der Waals surface area contributed by atoms with Crippen molar-refractivity contribution in [3.8, 4) is 0 Å². The molecule has 0 spiro atoms. The number of hydrogen-bond donors (Lipinski definition) is 1. The number of carbonyl (C=O) groups is 4. The Morgan fingerprint density at radius 3 is 0.724 bits per heavy atom. The molecule has 0 fully saturated rings. The summed E-state index contributed by atoms with van der Waals surface area (Å²) in [6.07, 6.45) is -2.91. The molecule has 0 radical (unpaired) electrons. The number of carbonyl (C=O) groups excluding carboxylic acids is 4. The average Bonchev–Trinajstić information content (AvgIpc) is 0.678. The zero-order chi connectivity index (χ0) is 105. The van der Waals surface area contributed by atoms with Gasteiger partial charge < -0.3 is 9.81 Å². The Bertz CT molecular complexity index is 6730. The third-order valence-electron chi connectivity index (χ3n) is 21.5. The van der Waals surface area contributed by atoms with Gasteiger partial charge in [-0.3, -0.25) is 19.2 Å². The summed E-state index contributed by atoms with van der Waals surface area (Å²) < 4.78 is 331. The van der Waals surface area contributed by atoms with Crippen LogP contribution < -0.4 is 26.6 Å². The molecule has 39 heteroatoms. The summed E-state index contributed by atoms with van der Waals surface area (Å²) in [5.41, 5.74) is -11.8. The fraction of sp³-hybridized carbons (Fsp3) is 0.0755. The molecule has 16 aromatic rings. The van der Waals surface area contributed by atoms with Gasteiger partial charge in [0.05, 0.1) is 40.9 Å². The van der Waals surface area contributed by atoms with Gasteiger partial charge in [0.15, 0.2) is 116 Å². The van der Waals surface area contributed by atoms with Crippen LogP contribution in [0, 0.1) is 117 Å². The summed E-state index contributed by atoms with van der Waals surface area (Å²) in [4.78, 5) is 64.2. The zero-order valence-corrected chi connectivity index (χ0v) is 82.2. The van der Waals surface area contributed by atoms with Crippen molar-refractivity contribution in [1.82, 2.24) is 0 Å². The number of fused-ring (bicyclic) bond motifs is 1. The second kappa shape index (κ2) is 48.7. The van der Waals surface area contributed by atoms with Gasteiger partial charge in [0, 0.05) is 67.0 Å². The number of rotatable bonds is 25. The van der Waals surface area contributed by atoms with Gasteiger partial charge in [-0.25, -0.2) is 83.4 Å². The summed E-state index contributed by atoms with van der Waals surface area (Å²) in [7, 11) is -8.87. The molecule has 0 aliphatic carbocycles. The standard InChI is InChI=1S/C42H33O3S4.C25H3BF19.C24H19S2.C15H17O2S.F5P.FH/c1-28(43)31-4-10-34(11-5-31)46-37-16-22-40(23-17-37)49(41-24-18-38(19-25-41)47-35-12-6-32(7-13-35)29(2)44)42-26-20-39(21-27-42)48-36-14-8-33(9-15-36)30(3)45;1-2-7(27)9(29)3(10(30)8(2)28)26(4-11(31)17(37)23(43)18(38)12(4)32,5-13(33)19(39)24(44)20(40)14(5)34)6-15(35)21(41)25(45)22(42)16(6)36;1-4-10-20(11-5-1)25-21-16-18-24(19-17-21)26(22-12-6-2-7-13-22)23-14-8-3-9-15-23;1-18(2)10-15(17)14-8-7-11(9-16)12-5-3-4-6-13(12)14;1-6(2,3,4)5;/h4-27H,1-3H3;1H3;1-19H;3-8,16H,9-10H2,1-2H3;;1H/q+1;-1;2*+1;;/p-1. The maximum Gasteiger partial charge on any atom is 0.166 e. The number of Topliss-reactive ketones (excluding diaryl/α,β-unsaturated/α-hetero) is 4. The van der Waals surface area contributed by atoms with Crippen molar-refractivity contribution >= 4 is 150 Å². The van der Waals surface area contributed by atoms with Gasteiger partial charge >= 0.3 is 29.1 Å². The largest absolute Gasteiger partial charge is 1.00 e. The van der Waals surface area contributed by atoms with Gasteiger partial charge in [-0.05, 0) is 225 Å². The molecule has 750 valence electrons. The van der Waals surface area contributed by atoms with Crippen molar-refractivity contribution < 1.29 is 133 Å². The molecule has 0 unspecified atom stereocenters. The molecule has 0 atom stereocenters. The van der Waals surface area contributed by atoms with Crippen LogP contribution in [0.15, 0.2) is 366 Å². The number of aliphatic hydroxyl groups excluding tert-OH is 1. The van der Waals surface area contributed by atoms with E-state index in [0.717, 1.165) is 51.3 Å². The minimum atomic E-state index is -8.55. The van der Waals surface area contributed by atoms with E-state index in [1.807, 2.05) is 109 Å². The van der Waals surface area contributed by atoms with Crippen LogP contribution in [0.5, 0.6) is 0 Å². The SMILES string of the molecule is CC(=O)c1ccc(Sc2ccc([S+](c3ccc(Sc4ccc(C(C)=O)cc4)cc3)c3ccc(Sc4ccc(C(C)=O)cc4)cc3)cc2)cc1.C[S+](C)CC(=O)c1ccc(CO)c2ccccc12.Cc1c(F)c(F)c([B-](c2c(F)c(F)c(F)c(F)c2F)(c2c(F)c(F)c(F)c(F)c2F)c2c(F)c(F)c(F)c(F)c2F)c(F)c1F.FP(F)(F)(F)F.[F-].c1ccc(Sc2ccc([S+](c3ccccc3)c3ccccc3)cc2)cc1. The van der Waals surface area contributed by atoms with E-state index in [1.165, 1.54) is 39.2 Å². The number of ketones is 4. The fourth-order valence-electron chi connectivity index (χ4n) is 14.9. The molecule has 0 aromatic heterocycles. The normalized spacial score (nSPS) is 11.6. The van der Waals surface area contributed by atoms with Gasteiger partial charge in [-0.2, -0.15) is 0 Å². The van der Waals surface area contributed by atoms with Crippen LogP contribution in [0.2, 0.25) is 0 Å². The van der Waals surface area contributed by atoms with Crippen LogP contribution in [0.25, 0.3) is 10.8 Å². The molecule has 0 amide bonds. The van der Waals surface area contributed by atoms with E-state index >= 15 is 35.1 Å². The number of hydrogen-bond acceptors (Lipinski definition) is 9. The molecule has 0 heterocycles. The molecular weight excluding hydrogens is 2090 g/mol. The maximum absolute atomic E-state index is 15.6. The second-order valence-corrected chi connectivity index (χ2v) is 43.5. The minimum Gasteiger partial charge on any atom is -1.00 e. The summed E-state index contributed by atoms with van der Waals surface area (Å²) in [6.45, 7) is 4.90. The second-order valence-electron chi connectivity index (χ2n) is 31.4. The molecule has 0 aliphatic heterocycles. The number of aliphatic hydroxyl groups is 1. The van der Waals surface area contributed by atoms with Gasteiger partial charge in [0.2, 0.25) is 5.78 Å². The third-order valence-corrected chi connectivity index (χ3v) is 30.9. The Labute approximate surface area is 839 Å². The first kappa shape index (κ1) is 113. The maximum atomic E-state index is 15.6. The van der Waals surface area contributed by atoms with Crippen molar-refractivity contribution in [1.29, 1.82) is 0 Å². The smallest absolute Gasteiger partial charge is 0.166 e. The monoisotopic (exact) mass is 2170 g/mol. The molecule has 0 bridgehead atoms. The molecule has 1 N–H and O–H groups in total. The van der Waals surface area contributed by atoms with Crippen LogP contribution in [0.3, 0.4) is 0 Å². The molecule has 0 aliphatic rings. The minimum absolute atomic E-state index is 0. The number of benzene rings is 16. The predicted molar refractivity (Wildman–Crippen MR) is 520 cm³/mol. The van der Waals surface area contributed by atoms with Crippen molar-refractivity contribution in [2.45, 2.75) is 103 Å². The van der Waals surface area contributed by atoms with Crippen molar-refractivity contribution in [2.24, 2.45) is 0 Å². The molecule has 5 nitrogen and oxygen atoms in total. The summed E-state index contributed by atoms with van der Waals surface area (Å²) in [6, 6.07) is 102. The van der Waals surface area contributed by atoms with E-state index in [9.17, 15) is 93.6 Å². The first-order valence-electron chi connectivity index (χ1n) is 42.1. The summed E-state index contributed by atoms with van der Waals surface area (Å²) in [5.74, 6) is -63.8. The fourth-order valence-corrected chi connectivity index (χ4v) is 23.0. The third kappa shape index (κ3) is 26.7. The molecule has 145 heavy (non-hydrogen) atoms. The van der Waals surface area contributed by atoms with E-state index in [0.29, 0.717) is 22.4 Å². The van der Waals surface area contributed by atoms with Crippen LogP contribution in [0.4, 0.5) is 104 Å². The van der Waals surface area contributed by atoms with E-state index in [1.54, 1.807) is 67.8 Å². The van der Waals surface area contributed by atoms with E-state index in [2.05, 4.69) is 201 Å². The summed E-state index contributed by atoms with van der Waals surface area (Å²) in [5, 5.41) is 11.2. The van der Waals surface area contributed by atoms with Gasteiger partial charge in [0.1, 0.15) is 52.7 Å². The first-order chi connectivity index (χ1) is 68.2. The quantitative estimate of drug-likeness (QED) is 0.0114. The Morgan fingerprint density at radius 2 is 0.483 bits per heavy atom. The van der Waals surface area contributed by atoms with Crippen molar-refractivity contribution in [3.63, 3.8) is 0 Å². The van der Waals surface area contributed by atoms with Crippen LogP contribution in [-0.2, 0) is 39.3 Å².